The number of aromatic nitrogens is 2. The van der Waals surface area contributed by atoms with E-state index in [1.807, 2.05) is 55.4 Å². The fourth-order valence-corrected chi connectivity index (χ4v) is 5.38. The average molecular weight is 499 g/mol. The molecule has 2 aliphatic rings. The highest BCUT2D eigenvalue weighted by Crippen LogP contribution is 2.59. The van der Waals surface area contributed by atoms with E-state index >= 15 is 0 Å². The molecule has 8 heteroatoms. The highest BCUT2D eigenvalue weighted by molar-refractivity contribution is 5.97. The zero-order valence-electron chi connectivity index (χ0n) is 21.2. The van der Waals surface area contributed by atoms with Crippen LogP contribution in [0.1, 0.15) is 40.9 Å². The molecule has 3 heterocycles. The van der Waals surface area contributed by atoms with Gasteiger partial charge in [0.15, 0.2) is 5.82 Å². The van der Waals surface area contributed by atoms with Gasteiger partial charge in [0.2, 0.25) is 11.5 Å². The molecule has 0 N–H and O–H groups in total. The van der Waals surface area contributed by atoms with Gasteiger partial charge in [0.25, 0.3) is 0 Å². The Morgan fingerprint density at radius 3 is 2.41 bits per heavy atom. The number of hydrogen-bond acceptors (Lipinski definition) is 6. The lowest BCUT2D eigenvalue weighted by Crippen LogP contribution is -2.34. The molecule has 6 rings (SSSR count). The first-order valence-electron chi connectivity index (χ1n) is 12.4. The van der Waals surface area contributed by atoms with E-state index in [1.54, 1.807) is 22.9 Å². The molecule has 37 heavy (non-hydrogen) atoms. The van der Waals surface area contributed by atoms with Crippen molar-refractivity contribution < 1.29 is 18.7 Å². The number of nitrogens with zero attached hydrogens (tertiary/aromatic N) is 4. The van der Waals surface area contributed by atoms with Gasteiger partial charge < -0.3 is 19.3 Å². The smallest absolute Gasteiger partial charge is 0.340 e. The van der Waals surface area contributed by atoms with Gasteiger partial charge in [0.05, 0.1) is 11.3 Å². The largest absolute Gasteiger partial charge is 0.440 e. The Bertz CT molecular complexity index is 1520. The maximum atomic E-state index is 13.8. The van der Waals surface area contributed by atoms with Crippen LogP contribution in [-0.2, 0) is 10.3 Å². The number of rotatable bonds is 5. The minimum Gasteiger partial charge on any atom is -0.440 e. The van der Waals surface area contributed by atoms with Crippen LogP contribution in [0.25, 0.3) is 5.69 Å². The molecule has 0 aliphatic carbocycles. The van der Waals surface area contributed by atoms with Gasteiger partial charge in [0, 0.05) is 50.1 Å². The van der Waals surface area contributed by atoms with Crippen molar-refractivity contribution >= 4 is 17.5 Å². The fraction of sp³-hybridized carbons (Fsp3) is 0.241. The number of hydrogen-bond donors (Lipinski definition) is 0. The Morgan fingerprint density at radius 2 is 1.70 bits per heavy atom. The number of benzene rings is 3. The molecule has 0 saturated carbocycles. The van der Waals surface area contributed by atoms with Crippen LogP contribution < -0.4 is 14.5 Å². The summed E-state index contributed by atoms with van der Waals surface area (Å²) in [7, 11) is 3.76. The maximum Gasteiger partial charge on any atom is 0.340 e. The van der Waals surface area contributed by atoms with E-state index < -0.39 is 11.6 Å². The predicted octanol–water partition coefficient (Wildman–Crippen LogP) is 5.49. The monoisotopic (exact) mass is 498 g/mol. The molecule has 4 aromatic rings. The highest BCUT2D eigenvalue weighted by Gasteiger charge is 2.57. The second-order valence-corrected chi connectivity index (χ2v) is 9.36. The van der Waals surface area contributed by atoms with Crippen LogP contribution >= 0.6 is 0 Å². The Labute approximate surface area is 214 Å². The molecule has 0 radical (unpaired) electrons. The summed E-state index contributed by atoms with van der Waals surface area (Å²) in [6, 6.07) is 19.5. The molecule has 7 nitrogen and oxygen atoms in total. The van der Waals surface area contributed by atoms with Crippen molar-refractivity contribution in [3.8, 4) is 17.3 Å². The molecule has 2 aliphatic heterocycles. The summed E-state index contributed by atoms with van der Waals surface area (Å²) in [5.74, 6) is 0.839. The van der Waals surface area contributed by atoms with Gasteiger partial charge in [-0.05, 0) is 56.3 Å². The first-order chi connectivity index (χ1) is 17.9. The molecule has 0 fully saturated rings. The number of ether oxygens (including phenoxy) is 2. The van der Waals surface area contributed by atoms with Crippen molar-refractivity contribution in [1.82, 2.24) is 9.78 Å². The summed E-state index contributed by atoms with van der Waals surface area (Å²) in [4.78, 5) is 17.4. The lowest BCUT2D eigenvalue weighted by Gasteiger charge is -2.36. The third-order valence-electron chi connectivity index (χ3n) is 7.12. The zero-order valence-corrected chi connectivity index (χ0v) is 21.2. The Morgan fingerprint density at radius 1 is 0.973 bits per heavy atom. The molecular weight excluding hydrogens is 471 g/mol. The van der Waals surface area contributed by atoms with Gasteiger partial charge in [-0.15, -0.1) is 5.10 Å². The zero-order chi connectivity index (χ0) is 25.9. The average Bonchev–Trinajstić information content (AvgIpc) is 3.42. The normalized spacial score (nSPS) is 17.1. The van der Waals surface area contributed by atoms with E-state index in [1.165, 1.54) is 12.1 Å². The summed E-state index contributed by atoms with van der Waals surface area (Å²) in [6.07, 6.45) is 0. The van der Waals surface area contributed by atoms with E-state index in [4.69, 9.17) is 14.6 Å². The second kappa shape index (κ2) is 8.37. The number of carbonyl (C=O) groups is 1. The Kier molecular flexibility index (Phi) is 5.22. The molecule has 0 saturated heterocycles. The van der Waals surface area contributed by atoms with E-state index in [0.29, 0.717) is 34.3 Å². The lowest BCUT2D eigenvalue weighted by atomic mass is 9.78. The van der Waals surface area contributed by atoms with Crippen molar-refractivity contribution in [3.63, 3.8) is 0 Å². The molecule has 0 amide bonds. The van der Waals surface area contributed by atoms with Gasteiger partial charge >= 0.3 is 5.97 Å². The van der Waals surface area contributed by atoms with Crippen molar-refractivity contribution in [1.29, 1.82) is 0 Å². The van der Waals surface area contributed by atoms with Crippen LogP contribution in [0.3, 0.4) is 0 Å². The second-order valence-electron chi connectivity index (χ2n) is 9.36. The molecule has 1 unspecified atom stereocenters. The van der Waals surface area contributed by atoms with Crippen molar-refractivity contribution in [3.05, 3.63) is 94.8 Å². The summed E-state index contributed by atoms with van der Waals surface area (Å²) in [5, 5.41) is 4.87. The molecular formula is C29H27FN4O3. The molecule has 1 aromatic heterocycles. The third-order valence-corrected chi connectivity index (χ3v) is 7.12. The van der Waals surface area contributed by atoms with Gasteiger partial charge in [-0.2, -0.15) is 4.68 Å². The summed E-state index contributed by atoms with van der Waals surface area (Å²) < 4.78 is 28.4. The fourth-order valence-electron chi connectivity index (χ4n) is 5.38. The third kappa shape index (κ3) is 3.25. The molecule has 188 valence electrons. The SMILES string of the molecule is CCN(CC)c1ccc2c(c1)Oc1c(c(N(C)C)nn1-c1ccc(F)cc1)C21OC(=O)c2ccccc21. The van der Waals surface area contributed by atoms with E-state index in [9.17, 15) is 9.18 Å². The van der Waals surface area contributed by atoms with Crippen molar-refractivity contribution in [2.24, 2.45) is 0 Å². The van der Waals surface area contributed by atoms with Crippen LogP contribution in [0.5, 0.6) is 11.6 Å². The minimum absolute atomic E-state index is 0.345. The highest BCUT2D eigenvalue weighted by atomic mass is 19.1. The summed E-state index contributed by atoms with van der Waals surface area (Å²) in [6.45, 7) is 5.88. The van der Waals surface area contributed by atoms with E-state index in [2.05, 4.69) is 18.7 Å². The van der Waals surface area contributed by atoms with E-state index in [0.717, 1.165) is 29.9 Å². The van der Waals surface area contributed by atoms with Crippen LogP contribution in [-0.4, -0.2) is 42.9 Å². The first kappa shape index (κ1) is 23.1. The number of anilines is 2. The van der Waals surface area contributed by atoms with Gasteiger partial charge in [-0.3, -0.25) is 0 Å². The summed E-state index contributed by atoms with van der Waals surface area (Å²) in [5.41, 5.74) is 2.98. The molecule has 3 aromatic carbocycles. The Balaban J connectivity index is 1.69. The van der Waals surface area contributed by atoms with Crippen molar-refractivity contribution in [2.45, 2.75) is 19.4 Å². The van der Waals surface area contributed by atoms with Crippen LogP contribution in [0, 0.1) is 5.82 Å². The first-order valence-corrected chi connectivity index (χ1v) is 12.4. The number of carbonyl (C=O) groups excluding carboxylic acids is 1. The van der Waals surface area contributed by atoms with Crippen LogP contribution in [0.4, 0.5) is 15.9 Å². The quantitative estimate of drug-likeness (QED) is 0.339. The number of esters is 1. The van der Waals surface area contributed by atoms with Gasteiger partial charge in [-0.25, -0.2) is 9.18 Å². The number of fused-ring (bicyclic) bond motifs is 6. The lowest BCUT2D eigenvalue weighted by molar-refractivity contribution is 0.0225. The summed E-state index contributed by atoms with van der Waals surface area (Å²) >= 11 is 0. The van der Waals surface area contributed by atoms with E-state index in [-0.39, 0.29) is 5.82 Å². The minimum atomic E-state index is -1.25. The Hall–Kier alpha value is -4.33. The van der Waals surface area contributed by atoms with Crippen LogP contribution in [0.15, 0.2) is 66.7 Å². The maximum absolute atomic E-state index is 13.8. The molecule has 1 atom stereocenters. The van der Waals surface area contributed by atoms with Crippen LogP contribution in [0.2, 0.25) is 0 Å². The predicted molar refractivity (Wildman–Crippen MR) is 140 cm³/mol. The van der Waals surface area contributed by atoms with Gasteiger partial charge in [-0.1, -0.05) is 18.2 Å². The van der Waals surface area contributed by atoms with Gasteiger partial charge in [0.1, 0.15) is 17.1 Å². The number of halogens is 1. The standard InChI is InChI=1S/C29H27FN4O3/c1-5-33(6-2)20-15-16-23-24(17-20)36-27-25(29(23)22-10-8-7-9-21(22)28(35)37-29)26(32(3)4)31-34(27)19-13-11-18(30)12-14-19/h7-17H,5-6H2,1-4H3. The topological polar surface area (TPSA) is 59.8 Å². The molecule has 1 spiro atoms. The van der Waals surface area contributed by atoms with Crippen molar-refractivity contribution in [2.75, 3.05) is 37.0 Å². The molecule has 0 bridgehead atoms.